The quantitative estimate of drug-likeness (QED) is 0.495. The number of alkyl halides is 4. The molecule has 0 aromatic heterocycles. The summed E-state index contributed by atoms with van der Waals surface area (Å²) in [5, 5.41) is 0.00223. The molecule has 2 aromatic carbocycles. The molecule has 13 heteroatoms. The Morgan fingerprint density at radius 3 is 2.40 bits per heavy atom. The Hall–Kier alpha value is -2.17. The first-order chi connectivity index (χ1) is 13.8. The summed E-state index contributed by atoms with van der Waals surface area (Å²) >= 11 is 5.89. The molecule has 0 N–H and O–H groups in total. The third-order valence-electron chi connectivity index (χ3n) is 4.40. The van der Waals surface area contributed by atoms with Gasteiger partial charge in [-0.25, -0.2) is 4.39 Å². The van der Waals surface area contributed by atoms with Crippen molar-refractivity contribution in [2.75, 3.05) is 18.7 Å². The van der Waals surface area contributed by atoms with E-state index in [9.17, 15) is 32.3 Å². The Morgan fingerprint density at radius 2 is 1.83 bits per heavy atom. The van der Waals surface area contributed by atoms with Crippen molar-refractivity contribution in [3.63, 3.8) is 0 Å². The lowest BCUT2D eigenvalue weighted by Gasteiger charge is -2.31. The van der Waals surface area contributed by atoms with E-state index in [4.69, 9.17) is 16.3 Å². The van der Waals surface area contributed by atoms with Crippen LogP contribution in [0.4, 0.5) is 23.2 Å². The molecular formula is C17H11ClF4NO6P-2. The number of carbonyl (C=O) groups excluding carboxylic acids is 1. The molecule has 1 atom stereocenters. The van der Waals surface area contributed by atoms with Gasteiger partial charge in [-0.1, -0.05) is 17.7 Å². The van der Waals surface area contributed by atoms with E-state index in [0.29, 0.717) is 17.0 Å². The molecular weight excluding hydrogens is 457 g/mol. The van der Waals surface area contributed by atoms with E-state index in [1.165, 1.54) is 19.2 Å². The highest BCUT2D eigenvalue weighted by Gasteiger charge is 2.55. The van der Waals surface area contributed by atoms with E-state index < -0.39 is 54.7 Å². The Balaban J connectivity index is 2.24. The minimum Gasteiger partial charge on any atom is -0.790 e. The van der Waals surface area contributed by atoms with Gasteiger partial charge in [0, 0.05) is 16.1 Å². The van der Waals surface area contributed by atoms with E-state index in [0.717, 1.165) is 12.1 Å². The maximum atomic E-state index is 16.3. The molecule has 0 radical (unpaired) electrons. The molecule has 0 spiro atoms. The van der Waals surface area contributed by atoms with Crippen molar-refractivity contribution in [3.8, 4) is 5.75 Å². The van der Waals surface area contributed by atoms with Crippen LogP contribution in [0.1, 0.15) is 16.7 Å². The summed E-state index contributed by atoms with van der Waals surface area (Å²) in [5.41, 5.74) is -5.88. The van der Waals surface area contributed by atoms with Crippen LogP contribution in [0.3, 0.4) is 0 Å². The highest BCUT2D eigenvalue weighted by Crippen LogP contribution is 2.51. The highest BCUT2D eigenvalue weighted by molar-refractivity contribution is 7.43. The van der Waals surface area contributed by atoms with Crippen molar-refractivity contribution < 1.29 is 46.0 Å². The normalized spacial score (nSPS) is 19.2. The van der Waals surface area contributed by atoms with Crippen LogP contribution in [0.15, 0.2) is 36.4 Å². The van der Waals surface area contributed by atoms with Gasteiger partial charge in [0.25, 0.3) is 5.91 Å². The second-order valence-electron chi connectivity index (χ2n) is 6.17. The molecule has 2 aromatic rings. The third kappa shape index (κ3) is 3.91. The van der Waals surface area contributed by atoms with Gasteiger partial charge in [-0.3, -0.25) is 9.69 Å². The first-order valence-corrected chi connectivity index (χ1v) is 9.86. The van der Waals surface area contributed by atoms with E-state index >= 15 is 4.39 Å². The maximum absolute atomic E-state index is 16.3. The zero-order valence-corrected chi connectivity index (χ0v) is 16.6. The predicted octanol–water partition coefficient (Wildman–Crippen LogP) is 2.73. The van der Waals surface area contributed by atoms with Gasteiger partial charge >= 0.3 is 6.18 Å². The Morgan fingerprint density at radius 1 is 1.17 bits per heavy atom. The van der Waals surface area contributed by atoms with Crippen LogP contribution in [-0.4, -0.2) is 19.7 Å². The van der Waals surface area contributed by atoms with Gasteiger partial charge in [0.1, 0.15) is 12.5 Å². The Labute approximate surface area is 172 Å². The molecule has 0 aliphatic carbocycles. The van der Waals surface area contributed by atoms with Crippen LogP contribution in [0, 0.1) is 0 Å². The number of ether oxygens (including phenoxy) is 1. The maximum Gasteiger partial charge on any atom is 0.416 e. The monoisotopic (exact) mass is 467 g/mol. The lowest BCUT2D eigenvalue weighted by atomic mass is 9.88. The van der Waals surface area contributed by atoms with E-state index in [-0.39, 0.29) is 10.8 Å². The van der Waals surface area contributed by atoms with Crippen LogP contribution in [0.5, 0.6) is 5.75 Å². The van der Waals surface area contributed by atoms with Crippen LogP contribution in [-0.2, 0) is 25.7 Å². The SMILES string of the molecule is COc1ccc(Cl)cc1[C@]1(F)C(=O)N(COP(=O)([O-])[O-])c2cc(C(F)(F)F)ccc21. The molecule has 30 heavy (non-hydrogen) atoms. The van der Waals surface area contributed by atoms with Gasteiger partial charge in [-0.05, 0) is 30.3 Å². The van der Waals surface area contributed by atoms with E-state index in [1.807, 2.05) is 0 Å². The molecule has 3 rings (SSSR count). The van der Waals surface area contributed by atoms with Gasteiger partial charge in [-0.2, -0.15) is 13.2 Å². The lowest BCUT2D eigenvalue weighted by molar-refractivity contribution is -0.341. The molecule has 1 aliphatic heterocycles. The summed E-state index contributed by atoms with van der Waals surface area (Å²) in [7, 11) is -4.45. The van der Waals surface area contributed by atoms with Crippen LogP contribution >= 0.6 is 19.4 Å². The van der Waals surface area contributed by atoms with Gasteiger partial charge < -0.3 is 23.6 Å². The minimum atomic E-state index is -5.62. The number of benzene rings is 2. The van der Waals surface area contributed by atoms with Gasteiger partial charge in [-0.15, -0.1) is 0 Å². The summed E-state index contributed by atoms with van der Waals surface area (Å²) in [6.45, 7) is -1.31. The number of amides is 1. The van der Waals surface area contributed by atoms with E-state index in [2.05, 4.69) is 4.52 Å². The molecule has 0 fully saturated rings. The van der Waals surface area contributed by atoms with Crippen molar-refractivity contribution in [2.45, 2.75) is 11.8 Å². The van der Waals surface area contributed by atoms with Crippen molar-refractivity contribution in [1.82, 2.24) is 0 Å². The van der Waals surface area contributed by atoms with Crippen LogP contribution in [0.25, 0.3) is 0 Å². The molecule has 1 heterocycles. The van der Waals surface area contributed by atoms with Gasteiger partial charge in [0.05, 0.1) is 26.2 Å². The molecule has 0 saturated heterocycles. The van der Waals surface area contributed by atoms with Crippen molar-refractivity contribution in [2.24, 2.45) is 0 Å². The fraction of sp³-hybridized carbons (Fsp3) is 0.235. The molecule has 1 aliphatic rings. The molecule has 0 unspecified atom stereocenters. The number of phosphoric acid groups is 1. The van der Waals surface area contributed by atoms with Gasteiger partial charge in [0.2, 0.25) is 5.67 Å². The zero-order chi connectivity index (χ0) is 22.5. The first kappa shape index (κ1) is 22.5. The topological polar surface area (TPSA) is 102 Å². The summed E-state index contributed by atoms with van der Waals surface area (Å²) in [4.78, 5) is 34.9. The van der Waals surface area contributed by atoms with Gasteiger partial charge in [0.15, 0.2) is 0 Å². The highest BCUT2D eigenvalue weighted by atomic mass is 35.5. The fourth-order valence-electron chi connectivity index (χ4n) is 3.10. The predicted molar refractivity (Wildman–Crippen MR) is 92.4 cm³/mol. The molecule has 0 saturated carbocycles. The number of anilines is 1. The summed E-state index contributed by atoms with van der Waals surface area (Å²) < 4.78 is 75.5. The number of phosphoric ester groups is 1. The average molecular weight is 468 g/mol. The molecule has 162 valence electrons. The van der Waals surface area contributed by atoms with Crippen LogP contribution in [0.2, 0.25) is 5.02 Å². The first-order valence-electron chi connectivity index (χ1n) is 8.02. The number of fused-ring (bicyclic) bond motifs is 1. The summed E-state index contributed by atoms with van der Waals surface area (Å²) in [6.07, 6.45) is -4.84. The van der Waals surface area contributed by atoms with Crippen molar-refractivity contribution in [1.29, 1.82) is 0 Å². The third-order valence-corrected chi connectivity index (χ3v) is 5.07. The number of carbonyl (C=O) groups is 1. The number of methoxy groups -OCH3 is 1. The van der Waals surface area contributed by atoms with Crippen LogP contribution < -0.4 is 19.4 Å². The van der Waals surface area contributed by atoms with Crippen molar-refractivity contribution >= 4 is 31.0 Å². The Bertz CT molecular complexity index is 1060. The largest absolute Gasteiger partial charge is 0.790 e. The molecule has 1 amide bonds. The second kappa shape index (κ2) is 7.51. The summed E-state index contributed by atoms with van der Waals surface area (Å²) in [5.74, 6) is -1.62. The number of hydrogen-bond donors (Lipinski definition) is 0. The zero-order valence-electron chi connectivity index (χ0n) is 14.9. The number of rotatable bonds is 5. The van der Waals surface area contributed by atoms with Crippen molar-refractivity contribution in [3.05, 3.63) is 58.1 Å². The van der Waals surface area contributed by atoms with E-state index in [1.54, 1.807) is 0 Å². The lowest BCUT2D eigenvalue weighted by Crippen LogP contribution is -2.40. The second-order valence-corrected chi connectivity index (χ2v) is 7.76. The smallest absolute Gasteiger partial charge is 0.416 e. The number of hydrogen-bond acceptors (Lipinski definition) is 6. The minimum absolute atomic E-state index is 0.00223. The molecule has 0 bridgehead atoms. The number of halogens is 5. The fourth-order valence-corrected chi connectivity index (χ4v) is 3.53. The summed E-state index contributed by atoms with van der Waals surface area (Å²) in [6, 6.07) is 5.40. The molecule has 7 nitrogen and oxygen atoms in total. The number of nitrogens with zero attached hydrogens (tertiary/aromatic N) is 1. The Kier molecular flexibility index (Phi) is 5.63. The average Bonchev–Trinajstić information content (AvgIpc) is 2.86. The standard InChI is InChI=1S/C17H13ClF4NO6P/c1-28-14-5-3-10(18)7-12(14)16(19)11-4-2-9(17(20,21)22)6-13(11)23(15(16)24)8-29-30(25,26)27/h2-7H,8H2,1H3,(H2,25,26,27)/p-2/t16-/m0/s1.